The first-order valence-corrected chi connectivity index (χ1v) is 16.2. The van der Waals surface area contributed by atoms with Crippen LogP contribution in [0.25, 0.3) is 11.0 Å². The molecule has 1 saturated heterocycles. The Kier molecular flexibility index (Phi) is 7.70. The molecule has 1 aliphatic carbocycles. The molecule has 0 bridgehead atoms. The maximum atomic E-state index is 13.1. The van der Waals surface area contributed by atoms with E-state index in [2.05, 4.69) is 32.5 Å². The number of carbonyl (C=O) groups is 1. The molecular formula is C29H37N6O5P. The molecule has 11 nitrogen and oxygen atoms in total. The third-order valence-corrected chi connectivity index (χ3v) is 9.29. The Bertz CT molecular complexity index is 1530. The average Bonchev–Trinajstić information content (AvgIpc) is 3.45. The summed E-state index contributed by atoms with van der Waals surface area (Å²) in [5.74, 6) is 0.426. The lowest BCUT2D eigenvalue weighted by molar-refractivity contribution is -0.0265. The quantitative estimate of drug-likeness (QED) is 0.266. The van der Waals surface area contributed by atoms with Crippen LogP contribution in [0.15, 0.2) is 36.9 Å². The predicted octanol–water partition coefficient (Wildman–Crippen LogP) is 5.22. The Morgan fingerprint density at radius 1 is 1.24 bits per heavy atom. The van der Waals surface area contributed by atoms with Gasteiger partial charge in [-0.1, -0.05) is 6.92 Å². The van der Waals surface area contributed by atoms with E-state index in [9.17, 15) is 19.5 Å². The standard InChI is InChI=1S/C29H37N6O5P/c1-27(2,39-11-6-12-41(4,37)38)24-15-32-25(16-31-24)35-19-29(40-26(35)36)10-5-9-28(3,17-29)18-34-20-33-22-8-7-21(14-30)13-23(22)34/h7-8,13,15-16,20H,5-6,9-12,17-19H2,1-4H3,(H,37,38)/t28-,29-/m0/s1. The third-order valence-electron chi connectivity index (χ3n) is 8.15. The molecule has 0 radical (unpaired) electrons. The molecule has 1 aromatic carbocycles. The van der Waals surface area contributed by atoms with Gasteiger partial charge in [0.15, 0.2) is 13.2 Å². The summed E-state index contributed by atoms with van der Waals surface area (Å²) in [6.45, 7) is 8.73. The monoisotopic (exact) mass is 580 g/mol. The van der Waals surface area contributed by atoms with Crippen molar-refractivity contribution in [3.05, 3.63) is 48.2 Å². The Balaban J connectivity index is 1.26. The zero-order valence-corrected chi connectivity index (χ0v) is 24.9. The van der Waals surface area contributed by atoms with Crippen LogP contribution < -0.4 is 4.90 Å². The van der Waals surface area contributed by atoms with E-state index in [0.29, 0.717) is 49.6 Å². The van der Waals surface area contributed by atoms with Gasteiger partial charge in [-0.15, -0.1) is 0 Å². The number of hydrogen-bond acceptors (Lipinski definition) is 8. The van der Waals surface area contributed by atoms with Crippen LogP contribution in [-0.2, 0) is 26.2 Å². The summed E-state index contributed by atoms with van der Waals surface area (Å²) >= 11 is 0. The zero-order chi connectivity index (χ0) is 29.5. The van der Waals surface area contributed by atoms with Crippen molar-refractivity contribution in [1.82, 2.24) is 19.5 Å². The van der Waals surface area contributed by atoms with Crippen molar-refractivity contribution >= 4 is 30.3 Å². The molecular weight excluding hydrogens is 543 g/mol. The van der Waals surface area contributed by atoms with Crippen LogP contribution in [-0.4, -0.2) is 62.1 Å². The predicted molar refractivity (Wildman–Crippen MR) is 154 cm³/mol. The number of hydrogen-bond donors (Lipinski definition) is 1. The highest BCUT2D eigenvalue weighted by molar-refractivity contribution is 7.57. The van der Waals surface area contributed by atoms with E-state index in [1.54, 1.807) is 23.4 Å². The first kappa shape index (κ1) is 29.2. The van der Waals surface area contributed by atoms with Gasteiger partial charge in [0.2, 0.25) is 0 Å². The molecule has 3 heterocycles. The molecule has 3 aromatic rings. The highest BCUT2D eigenvalue weighted by Gasteiger charge is 2.52. The van der Waals surface area contributed by atoms with E-state index in [-0.39, 0.29) is 11.6 Å². The van der Waals surface area contributed by atoms with Crippen molar-refractivity contribution in [3.63, 3.8) is 0 Å². The van der Waals surface area contributed by atoms with Crippen molar-refractivity contribution in [1.29, 1.82) is 5.26 Å². The molecule has 2 aromatic heterocycles. The SMILES string of the molecule is CC(C)(OCCCP(C)(=O)O)c1cnc(N2C[C@@]3(CCC[C@](C)(Cn4cnc5ccc(C#N)cc54)C3)OC2=O)cn1. The first-order valence-electron chi connectivity index (χ1n) is 13.9. The van der Waals surface area contributed by atoms with Gasteiger partial charge in [0.25, 0.3) is 0 Å². The lowest BCUT2D eigenvalue weighted by atomic mass is 9.68. The Hall–Kier alpha value is -3.32. The molecule has 12 heteroatoms. The second-order valence-corrected chi connectivity index (χ2v) is 15.0. The normalized spacial score (nSPS) is 24.4. The average molecular weight is 581 g/mol. The second-order valence-electron chi connectivity index (χ2n) is 12.4. The minimum absolute atomic E-state index is 0.136. The molecule has 5 rings (SSSR count). The number of imidazole rings is 1. The van der Waals surface area contributed by atoms with Gasteiger partial charge in [0.1, 0.15) is 11.2 Å². The number of carbonyl (C=O) groups excluding carboxylic acids is 1. The molecule has 1 unspecified atom stereocenters. The number of nitriles is 1. The molecule has 1 aliphatic heterocycles. The van der Waals surface area contributed by atoms with Gasteiger partial charge in [0, 0.05) is 26.0 Å². The molecule has 2 fully saturated rings. The van der Waals surface area contributed by atoms with Crippen LogP contribution in [0.2, 0.25) is 0 Å². The van der Waals surface area contributed by atoms with Gasteiger partial charge in [-0.25, -0.2) is 14.8 Å². The van der Waals surface area contributed by atoms with E-state index in [0.717, 1.165) is 30.3 Å². The van der Waals surface area contributed by atoms with E-state index in [1.165, 1.54) is 6.66 Å². The van der Waals surface area contributed by atoms with E-state index >= 15 is 0 Å². The molecule has 1 N–H and O–H groups in total. The topological polar surface area (TPSA) is 143 Å². The maximum Gasteiger partial charge on any atom is 0.416 e. The van der Waals surface area contributed by atoms with Gasteiger partial charge < -0.3 is 18.9 Å². The highest BCUT2D eigenvalue weighted by Crippen LogP contribution is 2.48. The van der Waals surface area contributed by atoms with Crippen LogP contribution in [0.4, 0.5) is 10.6 Å². The van der Waals surface area contributed by atoms with Crippen LogP contribution in [0.5, 0.6) is 0 Å². The van der Waals surface area contributed by atoms with E-state index in [1.807, 2.05) is 32.3 Å². The van der Waals surface area contributed by atoms with Crippen molar-refractivity contribution in [2.45, 2.75) is 70.6 Å². The van der Waals surface area contributed by atoms with Crippen molar-refractivity contribution < 1.29 is 23.7 Å². The summed E-state index contributed by atoms with van der Waals surface area (Å²) in [5.41, 5.74) is 1.48. The number of amides is 1. The highest BCUT2D eigenvalue weighted by atomic mass is 31.2. The lowest BCUT2D eigenvalue weighted by Gasteiger charge is -2.43. The Morgan fingerprint density at radius 3 is 2.76 bits per heavy atom. The second kappa shape index (κ2) is 10.8. The Morgan fingerprint density at radius 2 is 2.05 bits per heavy atom. The van der Waals surface area contributed by atoms with Crippen molar-refractivity contribution in [3.8, 4) is 6.07 Å². The van der Waals surface area contributed by atoms with Gasteiger partial charge in [-0.05, 0) is 69.6 Å². The summed E-state index contributed by atoms with van der Waals surface area (Å²) in [6.07, 6.45) is 8.63. The summed E-state index contributed by atoms with van der Waals surface area (Å²) in [7, 11) is -3.07. The van der Waals surface area contributed by atoms with E-state index < -0.39 is 24.7 Å². The molecule has 1 spiro atoms. The molecule has 1 saturated carbocycles. The number of nitrogens with zero attached hydrogens (tertiary/aromatic N) is 6. The molecule has 3 atom stereocenters. The van der Waals surface area contributed by atoms with Gasteiger partial charge >= 0.3 is 6.09 Å². The zero-order valence-electron chi connectivity index (χ0n) is 24.0. The van der Waals surface area contributed by atoms with Crippen LogP contribution in [0.3, 0.4) is 0 Å². The fraction of sp³-hybridized carbons (Fsp3) is 0.552. The first-order chi connectivity index (χ1) is 19.3. The van der Waals surface area contributed by atoms with Crippen LogP contribution >= 0.6 is 7.37 Å². The minimum Gasteiger partial charge on any atom is -0.441 e. The van der Waals surface area contributed by atoms with E-state index in [4.69, 9.17) is 9.47 Å². The maximum absolute atomic E-state index is 13.1. The number of benzene rings is 1. The molecule has 1 amide bonds. The fourth-order valence-electron chi connectivity index (χ4n) is 6.14. The number of aromatic nitrogens is 4. The third kappa shape index (κ3) is 6.45. The number of rotatable bonds is 9. The van der Waals surface area contributed by atoms with Crippen LogP contribution in [0.1, 0.15) is 64.1 Å². The number of fused-ring (bicyclic) bond motifs is 1. The molecule has 41 heavy (non-hydrogen) atoms. The van der Waals surface area contributed by atoms with Gasteiger partial charge in [0.05, 0.1) is 53.6 Å². The smallest absolute Gasteiger partial charge is 0.416 e. The number of ether oxygens (including phenoxy) is 2. The molecule has 218 valence electrons. The molecule has 2 aliphatic rings. The van der Waals surface area contributed by atoms with Gasteiger partial charge in [-0.3, -0.25) is 14.4 Å². The van der Waals surface area contributed by atoms with Gasteiger partial charge in [-0.2, -0.15) is 5.26 Å². The lowest BCUT2D eigenvalue weighted by Crippen LogP contribution is -2.45. The van der Waals surface area contributed by atoms with Crippen molar-refractivity contribution in [2.75, 3.05) is 30.9 Å². The van der Waals surface area contributed by atoms with Crippen molar-refractivity contribution in [2.24, 2.45) is 5.41 Å². The summed E-state index contributed by atoms with van der Waals surface area (Å²) in [6, 6.07) is 7.72. The number of anilines is 1. The van der Waals surface area contributed by atoms with Crippen LogP contribution in [0, 0.1) is 16.7 Å². The Labute approximate surface area is 240 Å². The minimum atomic E-state index is -3.07. The fourth-order valence-corrected chi connectivity index (χ4v) is 6.86. The largest absolute Gasteiger partial charge is 0.441 e. The summed E-state index contributed by atoms with van der Waals surface area (Å²) < 4.78 is 25.6. The summed E-state index contributed by atoms with van der Waals surface area (Å²) in [5, 5.41) is 9.34. The summed E-state index contributed by atoms with van der Waals surface area (Å²) in [4.78, 5) is 37.7.